The highest BCUT2D eigenvalue weighted by Gasteiger charge is 2.09. The molecule has 108 valence electrons. The van der Waals surface area contributed by atoms with E-state index in [0.29, 0.717) is 12.6 Å². The summed E-state index contributed by atoms with van der Waals surface area (Å²) in [5.41, 5.74) is 2.54. The van der Waals surface area contributed by atoms with Crippen molar-refractivity contribution in [2.75, 3.05) is 6.61 Å². The summed E-state index contributed by atoms with van der Waals surface area (Å²) < 4.78 is 6.35. The Morgan fingerprint density at radius 3 is 2.60 bits per heavy atom. The molecule has 20 heavy (non-hydrogen) atoms. The standard InChI is InChI=1S/C16H20ClNOS/c1-3-19-11-14-7-5-4-6-13(14)10-18-12(2)15-8-9-16(17)20-15/h4-9,12,18H,3,10-11H2,1-2H3. The third-order valence-corrected chi connectivity index (χ3v) is 4.61. The normalized spacial score (nSPS) is 12.6. The number of hydrogen-bond acceptors (Lipinski definition) is 3. The molecule has 1 aromatic heterocycles. The van der Waals surface area contributed by atoms with Gasteiger partial charge in [0.2, 0.25) is 0 Å². The maximum absolute atomic E-state index is 5.98. The van der Waals surface area contributed by atoms with Crippen LogP contribution in [0, 0.1) is 0 Å². The van der Waals surface area contributed by atoms with Crippen LogP contribution in [0.2, 0.25) is 4.34 Å². The van der Waals surface area contributed by atoms with Gasteiger partial charge in [-0.05, 0) is 37.1 Å². The first-order valence-corrected chi connectivity index (χ1v) is 8.03. The number of halogens is 1. The van der Waals surface area contributed by atoms with Gasteiger partial charge in [0.1, 0.15) is 0 Å². The molecule has 2 rings (SSSR count). The molecule has 0 radical (unpaired) electrons. The second kappa shape index (κ2) is 7.79. The summed E-state index contributed by atoms with van der Waals surface area (Å²) >= 11 is 7.61. The smallest absolute Gasteiger partial charge is 0.0931 e. The Kier molecular flexibility index (Phi) is 6.05. The number of rotatable bonds is 7. The molecule has 0 fully saturated rings. The molecular formula is C16H20ClNOS. The number of hydrogen-bond donors (Lipinski definition) is 1. The van der Waals surface area contributed by atoms with E-state index in [1.54, 1.807) is 11.3 Å². The molecule has 1 atom stereocenters. The van der Waals surface area contributed by atoms with Crippen molar-refractivity contribution in [1.29, 1.82) is 0 Å². The van der Waals surface area contributed by atoms with Gasteiger partial charge in [-0.1, -0.05) is 35.9 Å². The summed E-state index contributed by atoms with van der Waals surface area (Å²) in [5.74, 6) is 0. The van der Waals surface area contributed by atoms with Gasteiger partial charge in [-0.3, -0.25) is 0 Å². The predicted molar refractivity (Wildman–Crippen MR) is 86.4 cm³/mol. The fourth-order valence-corrected chi connectivity index (χ4v) is 3.10. The SMILES string of the molecule is CCOCc1ccccc1CNC(C)c1ccc(Cl)s1. The molecule has 1 unspecified atom stereocenters. The van der Waals surface area contributed by atoms with Crippen LogP contribution in [0.1, 0.15) is 35.9 Å². The van der Waals surface area contributed by atoms with E-state index in [4.69, 9.17) is 16.3 Å². The summed E-state index contributed by atoms with van der Waals surface area (Å²) in [4.78, 5) is 1.26. The topological polar surface area (TPSA) is 21.3 Å². The van der Waals surface area contributed by atoms with Crippen LogP contribution >= 0.6 is 22.9 Å². The number of nitrogens with one attached hydrogen (secondary N) is 1. The van der Waals surface area contributed by atoms with Crippen LogP contribution in [0.3, 0.4) is 0 Å². The highest BCUT2D eigenvalue weighted by molar-refractivity contribution is 7.16. The third-order valence-electron chi connectivity index (χ3n) is 3.20. The van der Waals surface area contributed by atoms with Crippen molar-refractivity contribution in [3.8, 4) is 0 Å². The lowest BCUT2D eigenvalue weighted by Crippen LogP contribution is -2.18. The molecule has 2 nitrogen and oxygen atoms in total. The van der Waals surface area contributed by atoms with Crippen LogP contribution in [-0.2, 0) is 17.9 Å². The van der Waals surface area contributed by atoms with Crippen LogP contribution in [0.4, 0.5) is 0 Å². The molecule has 1 N–H and O–H groups in total. The van der Waals surface area contributed by atoms with E-state index < -0.39 is 0 Å². The lowest BCUT2D eigenvalue weighted by atomic mass is 10.1. The Bertz CT molecular complexity index is 541. The van der Waals surface area contributed by atoms with Crippen molar-refractivity contribution in [2.24, 2.45) is 0 Å². The molecule has 0 aliphatic carbocycles. The van der Waals surface area contributed by atoms with Crippen LogP contribution in [-0.4, -0.2) is 6.61 Å². The third kappa shape index (κ3) is 4.32. The Hall–Kier alpha value is -0.870. The highest BCUT2D eigenvalue weighted by Crippen LogP contribution is 2.26. The van der Waals surface area contributed by atoms with Gasteiger partial charge in [0, 0.05) is 24.1 Å². The molecule has 0 amide bonds. The Morgan fingerprint density at radius 1 is 1.20 bits per heavy atom. The van der Waals surface area contributed by atoms with Crippen molar-refractivity contribution >= 4 is 22.9 Å². The lowest BCUT2D eigenvalue weighted by Gasteiger charge is -2.14. The molecule has 4 heteroatoms. The first-order chi connectivity index (χ1) is 9.70. The Morgan fingerprint density at radius 2 is 1.95 bits per heavy atom. The number of benzene rings is 1. The van der Waals surface area contributed by atoms with E-state index in [0.717, 1.165) is 17.5 Å². The Labute approximate surface area is 129 Å². The molecule has 2 aromatic rings. The summed E-state index contributed by atoms with van der Waals surface area (Å²) in [6.07, 6.45) is 0. The van der Waals surface area contributed by atoms with Crippen molar-refractivity contribution in [3.05, 3.63) is 56.7 Å². The zero-order chi connectivity index (χ0) is 14.4. The zero-order valence-electron chi connectivity index (χ0n) is 11.9. The van der Waals surface area contributed by atoms with E-state index in [2.05, 4.69) is 42.6 Å². The quantitative estimate of drug-likeness (QED) is 0.794. The van der Waals surface area contributed by atoms with Gasteiger partial charge >= 0.3 is 0 Å². The van der Waals surface area contributed by atoms with Gasteiger partial charge in [-0.25, -0.2) is 0 Å². The van der Waals surface area contributed by atoms with Crippen molar-refractivity contribution in [1.82, 2.24) is 5.32 Å². The van der Waals surface area contributed by atoms with E-state index in [1.165, 1.54) is 16.0 Å². The average molecular weight is 310 g/mol. The minimum Gasteiger partial charge on any atom is -0.377 e. The van der Waals surface area contributed by atoms with Crippen molar-refractivity contribution < 1.29 is 4.74 Å². The minimum absolute atomic E-state index is 0.299. The summed E-state index contributed by atoms with van der Waals surface area (Å²) in [7, 11) is 0. The molecule has 0 aliphatic heterocycles. The molecular weight excluding hydrogens is 290 g/mol. The molecule has 0 aliphatic rings. The maximum Gasteiger partial charge on any atom is 0.0931 e. The van der Waals surface area contributed by atoms with Crippen molar-refractivity contribution in [3.63, 3.8) is 0 Å². The van der Waals surface area contributed by atoms with Crippen LogP contribution in [0.15, 0.2) is 36.4 Å². The second-order valence-electron chi connectivity index (χ2n) is 4.65. The van der Waals surface area contributed by atoms with E-state index in [-0.39, 0.29) is 0 Å². The van der Waals surface area contributed by atoms with Gasteiger partial charge in [-0.15, -0.1) is 11.3 Å². The summed E-state index contributed by atoms with van der Waals surface area (Å²) in [5, 5.41) is 3.54. The molecule has 1 heterocycles. The fraction of sp³-hybridized carbons (Fsp3) is 0.375. The van der Waals surface area contributed by atoms with E-state index in [9.17, 15) is 0 Å². The van der Waals surface area contributed by atoms with Gasteiger partial charge < -0.3 is 10.1 Å². The monoisotopic (exact) mass is 309 g/mol. The number of thiophene rings is 1. The van der Waals surface area contributed by atoms with Gasteiger partial charge in [0.05, 0.1) is 10.9 Å². The van der Waals surface area contributed by atoms with Crippen LogP contribution < -0.4 is 5.32 Å². The lowest BCUT2D eigenvalue weighted by molar-refractivity contribution is 0.133. The van der Waals surface area contributed by atoms with E-state index >= 15 is 0 Å². The average Bonchev–Trinajstić information content (AvgIpc) is 2.90. The largest absolute Gasteiger partial charge is 0.377 e. The first-order valence-electron chi connectivity index (χ1n) is 6.84. The Balaban J connectivity index is 1.96. The molecule has 0 saturated heterocycles. The fourth-order valence-electron chi connectivity index (χ4n) is 2.01. The maximum atomic E-state index is 5.98. The highest BCUT2D eigenvalue weighted by atomic mass is 35.5. The van der Waals surface area contributed by atoms with E-state index in [1.807, 2.05) is 13.0 Å². The molecule has 0 bridgehead atoms. The van der Waals surface area contributed by atoms with Crippen molar-refractivity contribution in [2.45, 2.75) is 33.0 Å². The predicted octanol–water partition coefficient (Wildman–Crippen LogP) is 4.79. The molecule has 0 spiro atoms. The summed E-state index contributed by atoms with van der Waals surface area (Å²) in [6, 6.07) is 12.7. The second-order valence-corrected chi connectivity index (χ2v) is 6.40. The first kappa shape index (κ1) is 15.5. The molecule has 1 aromatic carbocycles. The van der Waals surface area contributed by atoms with Gasteiger partial charge in [0.25, 0.3) is 0 Å². The summed E-state index contributed by atoms with van der Waals surface area (Å²) in [6.45, 7) is 6.43. The van der Waals surface area contributed by atoms with Crippen LogP contribution in [0.25, 0.3) is 0 Å². The van der Waals surface area contributed by atoms with Crippen LogP contribution in [0.5, 0.6) is 0 Å². The van der Waals surface area contributed by atoms with Gasteiger partial charge in [-0.2, -0.15) is 0 Å². The molecule has 0 saturated carbocycles. The minimum atomic E-state index is 0.299. The zero-order valence-corrected chi connectivity index (χ0v) is 13.4. The number of ether oxygens (including phenoxy) is 1. The van der Waals surface area contributed by atoms with Gasteiger partial charge in [0.15, 0.2) is 0 Å².